The zero-order valence-corrected chi connectivity index (χ0v) is 7.90. The third-order valence-electron chi connectivity index (χ3n) is 3.57. The normalized spacial score (nSPS) is 42.0. The van der Waals surface area contributed by atoms with Crippen molar-refractivity contribution in [3.63, 3.8) is 0 Å². The SMILES string of the molecule is CC1(C)CC2CCCC(C2)C1. The minimum atomic E-state index is 0.675. The van der Waals surface area contributed by atoms with Crippen molar-refractivity contribution in [2.45, 2.75) is 52.4 Å². The summed E-state index contributed by atoms with van der Waals surface area (Å²) in [7, 11) is 0. The molecule has 0 aromatic carbocycles. The number of hydrogen-bond acceptors (Lipinski definition) is 0. The fourth-order valence-corrected chi connectivity index (χ4v) is 3.42. The highest BCUT2D eigenvalue weighted by Gasteiger charge is 2.35. The number of hydrogen-bond donors (Lipinski definition) is 0. The van der Waals surface area contributed by atoms with Gasteiger partial charge in [0.2, 0.25) is 0 Å². The molecule has 0 amide bonds. The van der Waals surface area contributed by atoms with E-state index in [1.807, 2.05) is 0 Å². The first-order valence-corrected chi connectivity index (χ1v) is 5.16. The van der Waals surface area contributed by atoms with Crippen molar-refractivity contribution >= 4 is 0 Å². The standard InChI is InChI=1S/C11H20/c1-11(2)7-9-4-3-5-10(6-9)8-11/h9-10H,3-8H2,1-2H3. The average molecular weight is 152 g/mol. The van der Waals surface area contributed by atoms with Gasteiger partial charge in [0.1, 0.15) is 0 Å². The fourth-order valence-electron chi connectivity index (χ4n) is 3.42. The van der Waals surface area contributed by atoms with Gasteiger partial charge < -0.3 is 0 Å². The van der Waals surface area contributed by atoms with Crippen LogP contribution in [0.1, 0.15) is 52.4 Å². The Morgan fingerprint density at radius 3 is 2.09 bits per heavy atom. The van der Waals surface area contributed by atoms with E-state index in [0.29, 0.717) is 5.41 Å². The van der Waals surface area contributed by atoms with Crippen molar-refractivity contribution < 1.29 is 0 Å². The van der Waals surface area contributed by atoms with E-state index in [0.717, 1.165) is 11.8 Å². The van der Waals surface area contributed by atoms with Gasteiger partial charge in [-0.25, -0.2) is 0 Å². The molecule has 0 aromatic heterocycles. The van der Waals surface area contributed by atoms with Crippen molar-refractivity contribution in [2.75, 3.05) is 0 Å². The first-order chi connectivity index (χ1) is 5.16. The van der Waals surface area contributed by atoms with Gasteiger partial charge in [0.15, 0.2) is 0 Å². The predicted molar refractivity (Wildman–Crippen MR) is 48.5 cm³/mol. The van der Waals surface area contributed by atoms with Crippen molar-refractivity contribution in [3.8, 4) is 0 Å². The maximum absolute atomic E-state index is 2.46. The molecule has 2 aliphatic rings. The third-order valence-corrected chi connectivity index (χ3v) is 3.57. The maximum atomic E-state index is 2.46. The van der Waals surface area contributed by atoms with Crippen LogP contribution in [0, 0.1) is 17.3 Å². The highest BCUT2D eigenvalue weighted by atomic mass is 14.4. The molecule has 2 rings (SSSR count). The van der Waals surface area contributed by atoms with E-state index in [1.54, 1.807) is 6.42 Å². The van der Waals surface area contributed by atoms with E-state index in [-0.39, 0.29) is 0 Å². The van der Waals surface area contributed by atoms with Gasteiger partial charge in [-0.05, 0) is 36.5 Å². The van der Waals surface area contributed by atoms with Gasteiger partial charge in [-0.3, -0.25) is 0 Å². The zero-order chi connectivity index (χ0) is 7.90. The van der Waals surface area contributed by atoms with E-state index in [9.17, 15) is 0 Å². The van der Waals surface area contributed by atoms with Gasteiger partial charge >= 0.3 is 0 Å². The second-order valence-corrected chi connectivity index (χ2v) is 5.47. The predicted octanol–water partition coefficient (Wildman–Crippen LogP) is 3.61. The third kappa shape index (κ3) is 1.60. The van der Waals surface area contributed by atoms with Crippen LogP contribution < -0.4 is 0 Å². The first kappa shape index (κ1) is 7.64. The summed E-state index contributed by atoms with van der Waals surface area (Å²) in [5.74, 6) is 2.19. The van der Waals surface area contributed by atoms with Gasteiger partial charge in [-0.15, -0.1) is 0 Å². The van der Waals surface area contributed by atoms with Crippen LogP contribution in [0.25, 0.3) is 0 Å². The van der Waals surface area contributed by atoms with Gasteiger partial charge in [0.25, 0.3) is 0 Å². The van der Waals surface area contributed by atoms with Crippen LogP contribution in [0.5, 0.6) is 0 Å². The van der Waals surface area contributed by atoms with Crippen LogP contribution in [-0.4, -0.2) is 0 Å². The highest BCUT2D eigenvalue weighted by molar-refractivity contribution is 4.87. The lowest BCUT2D eigenvalue weighted by Gasteiger charge is -2.43. The Bertz CT molecular complexity index is 132. The Morgan fingerprint density at radius 1 is 1.00 bits per heavy atom. The summed E-state index contributed by atoms with van der Waals surface area (Å²) in [5, 5.41) is 0. The molecule has 0 saturated heterocycles. The molecule has 2 atom stereocenters. The zero-order valence-electron chi connectivity index (χ0n) is 7.90. The van der Waals surface area contributed by atoms with E-state index in [1.165, 1.54) is 32.1 Å². The second kappa shape index (κ2) is 2.50. The lowest BCUT2D eigenvalue weighted by atomic mass is 9.62. The molecule has 0 heteroatoms. The summed E-state index contributed by atoms with van der Waals surface area (Å²) in [4.78, 5) is 0. The lowest BCUT2D eigenvalue weighted by Crippen LogP contribution is -2.31. The van der Waals surface area contributed by atoms with Crippen LogP contribution in [0.3, 0.4) is 0 Å². The minimum absolute atomic E-state index is 0.675. The van der Waals surface area contributed by atoms with E-state index in [2.05, 4.69) is 13.8 Å². The molecule has 0 radical (unpaired) electrons. The van der Waals surface area contributed by atoms with Crippen LogP contribution in [0.15, 0.2) is 0 Å². The highest BCUT2D eigenvalue weighted by Crippen LogP contribution is 2.48. The smallest absolute Gasteiger partial charge is 0.0349 e. The monoisotopic (exact) mass is 152 g/mol. The minimum Gasteiger partial charge on any atom is -0.0599 e. The van der Waals surface area contributed by atoms with Gasteiger partial charge in [0.05, 0.1) is 0 Å². The van der Waals surface area contributed by atoms with E-state index >= 15 is 0 Å². The van der Waals surface area contributed by atoms with Gasteiger partial charge in [-0.1, -0.05) is 33.1 Å². The molecule has 0 heterocycles. The summed E-state index contributed by atoms with van der Waals surface area (Å²) in [6.45, 7) is 4.91. The Hall–Kier alpha value is 0. The summed E-state index contributed by atoms with van der Waals surface area (Å²) >= 11 is 0. The molecule has 2 aliphatic carbocycles. The largest absolute Gasteiger partial charge is 0.0599 e. The maximum Gasteiger partial charge on any atom is -0.0349 e. The summed E-state index contributed by atoms with van der Waals surface area (Å²) < 4.78 is 0. The van der Waals surface area contributed by atoms with Crippen LogP contribution in [0.2, 0.25) is 0 Å². The molecule has 11 heavy (non-hydrogen) atoms. The van der Waals surface area contributed by atoms with Crippen LogP contribution >= 0.6 is 0 Å². The molecule has 0 nitrogen and oxygen atoms in total. The van der Waals surface area contributed by atoms with Crippen LogP contribution in [-0.2, 0) is 0 Å². The molecular formula is C11H20. The molecule has 64 valence electrons. The first-order valence-electron chi connectivity index (χ1n) is 5.16. The Kier molecular flexibility index (Phi) is 1.74. The molecule has 0 N–H and O–H groups in total. The molecule has 2 saturated carbocycles. The van der Waals surface area contributed by atoms with Gasteiger partial charge in [0, 0.05) is 0 Å². The summed E-state index contributed by atoms with van der Waals surface area (Å²) in [5.41, 5.74) is 0.675. The quantitative estimate of drug-likeness (QED) is 0.497. The summed E-state index contributed by atoms with van der Waals surface area (Å²) in [6.07, 6.45) is 9.14. The average Bonchev–Trinajstić information content (AvgIpc) is 1.82. The number of rotatable bonds is 0. The Balaban J connectivity index is 2.05. The van der Waals surface area contributed by atoms with E-state index < -0.39 is 0 Å². The Morgan fingerprint density at radius 2 is 1.55 bits per heavy atom. The molecule has 2 bridgehead atoms. The second-order valence-electron chi connectivity index (χ2n) is 5.47. The van der Waals surface area contributed by atoms with Crippen molar-refractivity contribution in [2.24, 2.45) is 17.3 Å². The van der Waals surface area contributed by atoms with Crippen molar-refractivity contribution in [1.82, 2.24) is 0 Å². The Labute approximate surface area is 70.4 Å². The molecule has 0 spiro atoms. The fraction of sp³-hybridized carbons (Fsp3) is 1.00. The molecule has 0 aromatic rings. The molecule has 0 aliphatic heterocycles. The number of fused-ring (bicyclic) bond motifs is 2. The van der Waals surface area contributed by atoms with Crippen molar-refractivity contribution in [1.29, 1.82) is 0 Å². The van der Waals surface area contributed by atoms with Crippen LogP contribution in [0.4, 0.5) is 0 Å². The van der Waals surface area contributed by atoms with E-state index in [4.69, 9.17) is 0 Å². The molecular weight excluding hydrogens is 132 g/mol. The molecule has 2 fully saturated rings. The molecule has 2 unspecified atom stereocenters. The topological polar surface area (TPSA) is 0 Å². The van der Waals surface area contributed by atoms with Crippen molar-refractivity contribution in [3.05, 3.63) is 0 Å². The lowest BCUT2D eigenvalue weighted by molar-refractivity contribution is 0.0826. The summed E-state index contributed by atoms with van der Waals surface area (Å²) in [6, 6.07) is 0. The van der Waals surface area contributed by atoms with Gasteiger partial charge in [-0.2, -0.15) is 0 Å².